The maximum atomic E-state index is 12.6. The van der Waals surface area contributed by atoms with Gasteiger partial charge in [0.2, 0.25) is 0 Å². The molecular formula is C20H31NO3. The summed E-state index contributed by atoms with van der Waals surface area (Å²) in [5.74, 6) is -0.111. The van der Waals surface area contributed by atoms with E-state index >= 15 is 0 Å². The van der Waals surface area contributed by atoms with E-state index in [1.54, 1.807) is 13.8 Å². The lowest BCUT2D eigenvalue weighted by atomic mass is 9.90. The standard InChI is InChI=1S/C20H31NO3/c1-19(2,24)14-11-16-7-9-17(10-8-16)18(23)21-20(15-22)12-5-3-4-6-13-20/h7-10,22,24H,3-6,11-15H2,1-2H3,(H,21,23). The Balaban J connectivity index is 1.98. The molecule has 3 N–H and O–H groups in total. The monoisotopic (exact) mass is 333 g/mol. The van der Waals surface area contributed by atoms with Gasteiger partial charge in [-0.05, 0) is 57.2 Å². The van der Waals surface area contributed by atoms with Crippen molar-refractivity contribution in [3.63, 3.8) is 0 Å². The van der Waals surface area contributed by atoms with E-state index in [2.05, 4.69) is 5.32 Å². The molecule has 1 aliphatic rings. The zero-order chi connectivity index (χ0) is 17.6. The third-order valence-corrected chi connectivity index (χ3v) is 4.98. The van der Waals surface area contributed by atoms with E-state index in [1.165, 1.54) is 12.8 Å². The molecular weight excluding hydrogens is 302 g/mol. The van der Waals surface area contributed by atoms with Gasteiger partial charge in [-0.25, -0.2) is 0 Å². The largest absolute Gasteiger partial charge is 0.394 e. The van der Waals surface area contributed by atoms with Crippen LogP contribution in [0.4, 0.5) is 0 Å². The second-order valence-corrected chi connectivity index (χ2v) is 7.82. The highest BCUT2D eigenvalue weighted by atomic mass is 16.3. The number of carbonyl (C=O) groups excluding carboxylic acids is 1. The highest BCUT2D eigenvalue weighted by molar-refractivity contribution is 5.94. The third-order valence-electron chi connectivity index (χ3n) is 4.98. The smallest absolute Gasteiger partial charge is 0.251 e. The molecule has 134 valence electrons. The second-order valence-electron chi connectivity index (χ2n) is 7.82. The zero-order valence-electron chi connectivity index (χ0n) is 15.0. The molecule has 0 spiro atoms. The van der Waals surface area contributed by atoms with Gasteiger partial charge in [0.25, 0.3) is 5.91 Å². The minimum atomic E-state index is -0.678. The van der Waals surface area contributed by atoms with Crippen molar-refractivity contribution in [2.75, 3.05) is 6.61 Å². The Bertz CT molecular complexity index is 523. The topological polar surface area (TPSA) is 69.6 Å². The lowest BCUT2D eigenvalue weighted by Gasteiger charge is -2.32. The number of amides is 1. The van der Waals surface area contributed by atoms with Crippen molar-refractivity contribution in [1.29, 1.82) is 0 Å². The normalized spacial score (nSPS) is 18.0. The van der Waals surface area contributed by atoms with E-state index in [9.17, 15) is 15.0 Å². The van der Waals surface area contributed by atoms with E-state index in [0.29, 0.717) is 12.0 Å². The number of hydrogen-bond acceptors (Lipinski definition) is 3. The summed E-state index contributed by atoms with van der Waals surface area (Å²) in [4.78, 5) is 12.6. The summed E-state index contributed by atoms with van der Waals surface area (Å²) in [5, 5.41) is 22.7. The van der Waals surface area contributed by atoms with Crippen molar-refractivity contribution >= 4 is 5.91 Å². The molecule has 0 radical (unpaired) electrons. The van der Waals surface area contributed by atoms with Gasteiger partial charge in [0.1, 0.15) is 0 Å². The number of aryl methyl sites for hydroxylation is 1. The first kappa shape index (κ1) is 18.9. The Morgan fingerprint density at radius 3 is 2.21 bits per heavy atom. The van der Waals surface area contributed by atoms with Gasteiger partial charge >= 0.3 is 0 Å². The second kappa shape index (κ2) is 8.13. The van der Waals surface area contributed by atoms with Gasteiger partial charge in [-0.1, -0.05) is 37.8 Å². The van der Waals surface area contributed by atoms with E-state index in [-0.39, 0.29) is 12.5 Å². The van der Waals surface area contributed by atoms with Gasteiger partial charge in [0.15, 0.2) is 0 Å². The number of aliphatic hydroxyl groups is 2. The molecule has 24 heavy (non-hydrogen) atoms. The summed E-state index contributed by atoms with van der Waals surface area (Å²) >= 11 is 0. The summed E-state index contributed by atoms with van der Waals surface area (Å²) in [5.41, 5.74) is 0.593. The summed E-state index contributed by atoms with van der Waals surface area (Å²) in [6, 6.07) is 7.55. The van der Waals surface area contributed by atoms with E-state index in [1.807, 2.05) is 24.3 Å². The Labute approximate surface area is 145 Å². The average Bonchev–Trinajstić information content (AvgIpc) is 2.79. The first-order valence-corrected chi connectivity index (χ1v) is 9.08. The Hall–Kier alpha value is -1.39. The van der Waals surface area contributed by atoms with Crippen LogP contribution in [0.15, 0.2) is 24.3 Å². The lowest BCUT2D eigenvalue weighted by molar-refractivity contribution is 0.0713. The van der Waals surface area contributed by atoms with Crippen molar-refractivity contribution in [2.45, 2.75) is 76.4 Å². The number of rotatable bonds is 6. The molecule has 0 bridgehead atoms. The van der Waals surface area contributed by atoms with Crippen molar-refractivity contribution < 1.29 is 15.0 Å². The fraction of sp³-hybridized carbons (Fsp3) is 0.650. The van der Waals surface area contributed by atoms with Crippen LogP contribution in [0, 0.1) is 0 Å². The van der Waals surface area contributed by atoms with Crippen LogP contribution in [0.5, 0.6) is 0 Å². The molecule has 1 aromatic carbocycles. The molecule has 1 aliphatic carbocycles. The van der Waals surface area contributed by atoms with Crippen molar-refractivity contribution in [3.05, 3.63) is 35.4 Å². The molecule has 0 heterocycles. The highest BCUT2D eigenvalue weighted by Crippen LogP contribution is 2.27. The lowest BCUT2D eigenvalue weighted by Crippen LogP contribution is -2.51. The number of benzene rings is 1. The molecule has 0 aromatic heterocycles. The van der Waals surface area contributed by atoms with Gasteiger partial charge < -0.3 is 15.5 Å². The summed E-state index contributed by atoms with van der Waals surface area (Å²) in [6.45, 7) is 3.61. The van der Waals surface area contributed by atoms with Gasteiger partial charge in [-0.2, -0.15) is 0 Å². The van der Waals surface area contributed by atoms with Crippen molar-refractivity contribution in [2.24, 2.45) is 0 Å². The quantitative estimate of drug-likeness (QED) is 0.700. The summed E-state index contributed by atoms with van der Waals surface area (Å²) in [6.07, 6.45) is 7.62. The summed E-state index contributed by atoms with van der Waals surface area (Å²) < 4.78 is 0. The van der Waals surface area contributed by atoms with Crippen LogP contribution in [-0.4, -0.2) is 33.9 Å². The Morgan fingerprint density at radius 1 is 1.12 bits per heavy atom. The number of hydrogen-bond donors (Lipinski definition) is 3. The number of nitrogens with one attached hydrogen (secondary N) is 1. The van der Waals surface area contributed by atoms with Gasteiger partial charge in [-0.15, -0.1) is 0 Å². The van der Waals surface area contributed by atoms with Crippen LogP contribution in [0.1, 0.15) is 74.7 Å². The number of aliphatic hydroxyl groups excluding tert-OH is 1. The molecule has 0 saturated heterocycles. The van der Waals surface area contributed by atoms with Crippen LogP contribution < -0.4 is 5.32 Å². The zero-order valence-corrected chi connectivity index (χ0v) is 15.0. The van der Waals surface area contributed by atoms with Gasteiger partial charge in [-0.3, -0.25) is 4.79 Å². The maximum Gasteiger partial charge on any atom is 0.251 e. The molecule has 0 aliphatic heterocycles. The molecule has 4 nitrogen and oxygen atoms in total. The third kappa shape index (κ3) is 5.60. The maximum absolute atomic E-state index is 12.6. The molecule has 1 amide bonds. The first-order chi connectivity index (χ1) is 11.3. The highest BCUT2D eigenvalue weighted by Gasteiger charge is 2.32. The minimum absolute atomic E-state index is 0.00239. The molecule has 0 atom stereocenters. The molecule has 0 unspecified atom stereocenters. The number of carbonyl (C=O) groups is 1. The van der Waals surface area contributed by atoms with E-state index in [4.69, 9.17) is 0 Å². The fourth-order valence-electron chi connectivity index (χ4n) is 3.31. The predicted molar refractivity (Wildman–Crippen MR) is 96.0 cm³/mol. The average molecular weight is 333 g/mol. The minimum Gasteiger partial charge on any atom is -0.394 e. The summed E-state index contributed by atoms with van der Waals surface area (Å²) in [7, 11) is 0. The van der Waals surface area contributed by atoms with Crippen LogP contribution in [0.25, 0.3) is 0 Å². The van der Waals surface area contributed by atoms with Crippen molar-refractivity contribution in [1.82, 2.24) is 5.32 Å². The van der Waals surface area contributed by atoms with E-state index < -0.39 is 11.1 Å². The van der Waals surface area contributed by atoms with Crippen LogP contribution in [-0.2, 0) is 6.42 Å². The van der Waals surface area contributed by atoms with Crippen LogP contribution in [0.2, 0.25) is 0 Å². The van der Waals surface area contributed by atoms with Crippen molar-refractivity contribution in [3.8, 4) is 0 Å². The molecule has 1 aromatic rings. The van der Waals surface area contributed by atoms with Crippen LogP contribution in [0.3, 0.4) is 0 Å². The molecule has 2 rings (SSSR count). The Kier molecular flexibility index (Phi) is 6.41. The van der Waals surface area contributed by atoms with Crippen LogP contribution >= 0.6 is 0 Å². The van der Waals surface area contributed by atoms with E-state index in [0.717, 1.165) is 37.7 Å². The fourth-order valence-corrected chi connectivity index (χ4v) is 3.31. The molecule has 1 saturated carbocycles. The molecule has 4 heteroatoms. The molecule has 1 fully saturated rings. The Morgan fingerprint density at radius 2 is 1.71 bits per heavy atom. The SMILES string of the molecule is CC(C)(O)CCc1ccc(C(=O)NC2(CO)CCCCCC2)cc1. The van der Waals surface area contributed by atoms with Gasteiger partial charge in [0, 0.05) is 5.56 Å². The van der Waals surface area contributed by atoms with Gasteiger partial charge in [0.05, 0.1) is 17.7 Å². The first-order valence-electron chi connectivity index (χ1n) is 9.08. The predicted octanol–water partition coefficient (Wildman–Crippen LogP) is 3.21.